The zero-order valence-corrected chi connectivity index (χ0v) is 8.24. The molecule has 1 aliphatic carbocycles. The van der Waals surface area contributed by atoms with Crippen molar-refractivity contribution < 1.29 is 8.78 Å². The summed E-state index contributed by atoms with van der Waals surface area (Å²) in [6.45, 7) is 5.66. The summed E-state index contributed by atoms with van der Waals surface area (Å²) in [6.07, 6.45) is 0.820. The summed E-state index contributed by atoms with van der Waals surface area (Å²) in [7, 11) is 0. The van der Waals surface area contributed by atoms with Gasteiger partial charge in [0.25, 0.3) is 5.92 Å². The Morgan fingerprint density at radius 2 is 2.00 bits per heavy atom. The van der Waals surface area contributed by atoms with Crippen LogP contribution in [0.25, 0.3) is 0 Å². The average molecular weight is 189 g/mol. The molecule has 1 aliphatic heterocycles. The minimum absolute atomic E-state index is 0.107. The molecule has 0 aromatic heterocycles. The lowest BCUT2D eigenvalue weighted by Gasteiger charge is -2.32. The third kappa shape index (κ3) is 1.37. The Morgan fingerprint density at radius 3 is 2.46 bits per heavy atom. The van der Waals surface area contributed by atoms with Gasteiger partial charge < -0.3 is 5.32 Å². The summed E-state index contributed by atoms with van der Waals surface area (Å²) >= 11 is 0. The number of nitrogens with one attached hydrogen (secondary N) is 1. The van der Waals surface area contributed by atoms with Crippen LogP contribution in [0.15, 0.2) is 0 Å². The summed E-state index contributed by atoms with van der Waals surface area (Å²) < 4.78 is 26.1. The van der Waals surface area contributed by atoms with Gasteiger partial charge in [0.05, 0.1) is 5.41 Å². The van der Waals surface area contributed by atoms with Gasteiger partial charge in [0, 0.05) is 13.0 Å². The van der Waals surface area contributed by atoms with E-state index < -0.39 is 11.3 Å². The first-order chi connectivity index (χ1) is 5.97. The molecule has 76 valence electrons. The van der Waals surface area contributed by atoms with Crippen LogP contribution >= 0.6 is 0 Å². The van der Waals surface area contributed by atoms with Crippen LogP contribution in [0.1, 0.15) is 26.7 Å². The molecule has 1 spiro atoms. The summed E-state index contributed by atoms with van der Waals surface area (Å²) in [6, 6.07) is 0. The van der Waals surface area contributed by atoms with Crippen LogP contribution in [0.2, 0.25) is 0 Å². The molecule has 1 saturated carbocycles. The lowest BCUT2D eigenvalue weighted by atomic mass is 9.81. The molecular formula is C10H17F2N. The Morgan fingerprint density at radius 1 is 1.38 bits per heavy atom. The molecular weight excluding hydrogens is 172 g/mol. The van der Waals surface area contributed by atoms with E-state index in [1.165, 1.54) is 0 Å². The fourth-order valence-corrected chi connectivity index (χ4v) is 2.41. The van der Waals surface area contributed by atoms with Crippen LogP contribution in [0.3, 0.4) is 0 Å². The fraction of sp³-hybridized carbons (Fsp3) is 1.00. The first kappa shape index (κ1) is 9.38. The summed E-state index contributed by atoms with van der Waals surface area (Å²) in [5.41, 5.74) is -0.666. The smallest absolute Gasteiger partial charge is 0.255 e. The zero-order valence-electron chi connectivity index (χ0n) is 8.24. The molecule has 0 aromatic rings. The first-order valence-corrected chi connectivity index (χ1v) is 5.05. The maximum Gasteiger partial charge on any atom is 0.255 e. The maximum atomic E-state index is 13.1. The van der Waals surface area contributed by atoms with Gasteiger partial charge in [-0.25, -0.2) is 8.78 Å². The Balaban J connectivity index is 2.02. The highest BCUT2D eigenvalue weighted by Crippen LogP contribution is 2.64. The van der Waals surface area contributed by atoms with Gasteiger partial charge in [0.15, 0.2) is 0 Å². The fourth-order valence-electron chi connectivity index (χ4n) is 2.41. The molecule has 2 aliphatic rings. The minimum atomic E-state index is -2.38. The van der Waals surface area contributed by atoms with Gasteiger partial charge in [-0.15, -0.1) is 0 Å². The summed E-state index contributed by atoms with van der Waals surface area (Å²) in [5.74, 6) is -1.43. The van der Waals surface area contributed by atoms with Crippen molar-refractivity contribution in [2.24, 2.45) is 17.3 Å². The Hall–Kier alpha value is -0.180. The molecule has 0 radical (unpaired) electrons. The lowest BCUT2D eigenvalue weighted by Crippen LogP contribution is -2.41. The molecule has 13 heavy (non-hydrogen) atoms. The highest BCUT2D eigenvalue weighted by Gasteiger charge is 2.71. The van der Waals surface area contributed by atoms with E-state index in [0.717, 1.165) is 6.54 Å². The van der Waals surface area contributed by atoms with E-state index in [0.29, 0.717) is 24.8 Å². The number of rotatable bonds is 1. The largest absolute Gasteiger partial charge is 0.316 e. The summed E-state index contributed by atoms with van der Waals surface area (Å²) in [4.78, 5) is 0. The molecule has 2 fully saturated rings. The molecule has 2 rings (SSSR count). The minimum Gasteiger partial charge on any atom is -0.316 e. The van der Waals surface area contributed by atoms with Gasteiger partial charge in [0.1, 0.15) is 0 Å². The molecule has 3 heteroatoms. The van der Waals surface area contributed by atoms with Crippen molar-refractivity contribution in [2.45, 2.75) is 32.6 Å². The monoisotopic (exact) mass is 189 g/mol. The zero-order chi connectivity index (χ0) is 9.69. The van der Waals surface area contributed by atoms with Crippen molar-refractivity contribution in [2.75, 3.05) is 13.1 Å². The molecule has 0 bridgehead atoms. The maximum absolute atomic E-state index is 13.1. The van der Waals surface area contributed by atoms with Crippen molar-refractivity contribution >= 4 is 0 Å². The highest BCUT2D eigenvalue weighted by molar-refractivity contribution is 5.13. The molecule has 1 nitrogen and oxygen atoms in total. The number of hydrogen-bond acceptors (Lipinski definition) is 1. The van der Waals surface area contributed by atoms with Gasteiger partial charge in [-0.05, 0) is 24.8 Å². The molecule has 0 aromatic carbocycles. The predicted octanol–water partition coefficient (Wildman–Crippen LogP) is 2.28. The van der Waals surface area contributed by atoms with E-state index in [4.69, 9.17) is 0 Å². The van der Waals surface area contributed by atoms with Gasteiger partial charge in [0.2, 0.25) is 0 Å². The second-order valence-corrected chi connectivity index (χ2v) is 5.00. The van der Waals surface area contributed by atoms with Gasteiger partial charge in [-0.3, -0.25) is 0 Å². The van der Waals surface area contributed by atoms with Crippen LogP contribution in [-0.2, 0) is 0 Å². The van der Waals surface area contributed by atoms with E-state index >= 15 is 0 Å². The third-order valence-electron chi connectivity index (χ3n) is 3.68. The Kier molecular flexibility index (Phi) is 1.92. The van der Waals surface area contributed by atoms with Crippen LogP contribution in [0.4, 0.5) is 8.78 Å². The van der Waals surface area contributed by atoms with E-state index in [9.17, 15) is 8.78 Å². The van der Waals surface area contributed by atoms with E-state index in [-0.39, 0.29) is 6.42 Å². The topological polar surface area (TPSA) is 12.0 Å². The Bertz CT molecular complexity index is 215. The molecule has 2 unspecified atom stereocenters. The second-order valence-electron chi connectivity index (χ2n) is 5.00. The van der Waals surface area contributed by atoms with Crippen molar-refractivity contribution in [3.63, 3.8) is 0 Å². The number of piperidine rings is 1. The molecule has 0 amide bonds. The highest BCUT2D eigenvalue weighted by atomic mass is 19.3. The van der Waals surface area contributed by atoms with Crippen LogP contribution in [-0.4, -0.2) is 19.0 Å². The molecule has 1 N–H and O–H groups in total. The van der Waals surface area contributed by atoms with Crippen molar-refractivity contribution in [1.82, 2.24) is 5.32 Å². The first-order valence-electron chi connectivity index (χ1n) is 5.05. The van der Waals surface area contributed by atoms with Crippen LogP contribution < -0.4 is 5.32 Å². The lowest BCUT2D eigenvalue weighted by molar-refractivity contribution is 0.0381. The number of halogens is 2. The summed E-state index contributed by atoms with van der Waals surface area (Å²) in [5, 5.41) is 3.14. The van der Waals surface area contributed by atoms with Gasteiger partial charge >= 0.3 is 0 Å². The quantitative estimate of drug-likeness (QED) is 0.667. The van der Waals surface area contributed by atoms with E-state index in [2.05, 4.69) is 19.2 Å². The Labute approximate surface area is 77.9 Å². The molecule has 1 saturated heterocycles. The van der Waals surface area contributed by atoms with Crippen LogP contribution in [0.5, 0.6) is 0 Å². The SMILES string of the molecule is CC(C)C1CNCC2(C1)CC2(F)F. The third-order valence-corrected chi connectivity index (χ3v) is 3.68. The standard InChI is InChI=1S/C10H17F2N/c1-7(2)8-3-9(6-13-4-8)5-10(9,11)12/h7-8,13H,3-6H2,1-2H3. The second kappa shape index (κ2) is 2.66. The van der Waals surface area contributed by atoms with Crippen molar-refractivity contribution in [3.05, 3.63) is 0 Å². The van der Waals surface area contributed by atoms with Crippen LogP contribution in [0, 0.1) is 17.3 Å². The molecule has 2 atom stereocenters. The van der Waals surface area contributed by atoms with Crippen molar-refractivity contribution in [1.29, 1.82) is 0 Å². The van der Waals surface area contributed by atoms with Gasteiger partial charge in [-0.1, -0.05) is 13.8 Å². The predicted molar refractivity (Wildman–Crippen MR) is 47.8 cm³/mol. The van der Waals surface area contributed by atoms with Gasteiger partial charge in [-0.2, -0.15) is 0 Å². The van der Waals surface area contributed by atoms with E-state index in [1.807, 2.05) is 0 Å². The average Bonchev–Trinajstić information content (AvgIpc) is 2.52. The van der Waals surface area contributed by atoms with Crippen molar-refractivity contribution in [3.8, 4) is 0 Å². The number of hydrogen-bond donors (Lipinski definition) is 1. The number of alkyl halides is 2. The molecule has 1 heterocycles. The van der Waals surface area contributed by atoms with E-state index in [1.54, 1.807) is 0 Å². The normalized spacial score (nSPS) is 42.7.